The van der Waals surface area contributed by atoms with E-state index in [4.69, 9.17) is 0 Å². The zero-order chi connectivity index (χ0) is 23.1. The van der Waals surface area contributed by atoms with Crippen LogP contribution in [0.25, 0.3) is 10.6 Å². The van der Waals surface area contributed by atoms with Gasteiger partial charge in [0.25, 0.3) is 5.91 Å². The molecule has 0 saturated carbocycles. The Kier molecular flexibility index (Phi) is 8.11. The highest BCUT2D eigenvalue weighted by atomic mass is 32.1. The van der Waals surface area contributed by atoms with Crippen LogP contribution in [0.15, 0.2) is 48.5 Å². The van der Waals surface area contributed by atoms with Crippen LogP contribution < -0.4 is 10.6 Å². The third-order valence-electron chi connectivity index (χ3n) is 5.22. The molecular weight excluding hydrogens is 420 g/mol. The van der Waals surface area contributed by atoms with E-state index in [0.29, 0.717) is 10.7 Å². The molecule has 2 aromatic carbocycles. The minimum atomic E-state index is -0.686. The minimum Gasteiger partial charge on any atom is -0.340 e. The normalized spacial score (nSPS) is 11.9. The molecular formula is C25H30N4O2S. The van der Waals surface area contributed by atoms with Crippen LogP contribution in [0.2, 0.25) is 0 Å². The summed E-state index contributed by atoms with van der Waals surface area (Å²) in [6.45, 7) is 7.98. The summed E-state index contributed by atoms with van der Waals surface area (Å²) in [5, 5.41) is 15.1. The third kappa shape index (κ3) is 6.23. The Balaban J connectivity index is 1.64. The van der Waals surface area contributed by atoms with E-state index in [1.165, 1.54) is 16.9 Å². The molecule has 0 aliphatic heterocycles. The maximum atomic E-state index is 12.9. The van der Waals surface area contributed by atoms with E-state index < -0.39 is 6.04 Å². The molecule has 0 aliphatic carbocycles. The van der Waals surface area contributed by atoms with Crippen molar-refractivity contribution in [3.63, 3.8) is 0 Å². The fourth-order valence-corrected chi connectivity index (χ4v) is 3.98. The number of carbonyl (C=O) groups is 2. The number of aromatic nitrogens is 2. The largest absolute Gasteiger partial charge is 0.340 e. The first-order valence-corrected chi connectivity index (χ1v) is 11.8. The Hall–Kier alpha value is -3.06. The van der Waals surface area contributed by atoms with Gasteiger partial charge in [-0.05, 0) is 43.4 Å². The summed E-state index contributed by atoms with van der Waals surface area (Å²) in [5.41, 5.74) is 3.87. The van der Waals surface area contributed by atoms with Gasteiger partial charge in [-0.2, -0.15) is 0 Å². The van der Waals surface area contributed by atoms with Gasteiger partial charge in [0.1, 0.15) is 11.0 Å². The van der Waals surface area contributed by atoms with E-state index in [-0.39, 0.29) is 17.7 Å². The molecule has 0 unspecified atom stereocenters. The van der Waals surface area contributed by atoms with Gasteiger partial charge in [0.2, 0.25) is 11.0 Å². The Morgan fingerprint density at radius 3 is 2.31 bits per heavy atom. The van der Waals surface area contributed by atoms with Crippen molar-refractivity contribution in [1.29, 1.82) is 0 Å². The zero-order valence-corrected chi connectivity index (χ0v) is 19.8. The number of nitrogens with one attached hydrogen (secondary N) is 2. The molecule has 168 valence electrons. The van der Waals surface area contributed by atoms with E-state index in [1.54, 1.807) is 0 Å². The van der Waals surface area contributed by atoms with Gasteiger partial charge in [-0.15, -0.1) is 10.2 Å². The molecule has 0 saturated heterocycles. The highest BCUT2D eigenvalue weighted by Crippen LogP contribution is 2.26. The molecule has 6 nitrogen and oxygen atoms in total. The van der Waals surface area contributed by atoms with Crippen molar-refractivity contribution in [2.75, 3.05) is 5.32 Å². The van der Waals surface area contributed by atoms with Crippen molar-refractivity contribution in [3.8, 4) is 10.6 Å². The second kappa shape index (κ2) is 11.0. The molecule has 0 aliphatic rings. The van der Waals surface area contributed by atoms with Crippen LogP contribution in [0.4, 0.5) is 5.13 Å². The highest BCUT2D eigenvalue weighted by Gasteiger charge is 2.26. The number of aryl methyl sites for hydroxylation is 2. The molecule has 2 N–H and O–H groups in total. The van der Waals surface area contributed by atoms with E-state index in [0.717, 1.165) is 35.4 Å². The van der Waals surface area contributed by atoms with Crippen molar-refractivity contribution in [2.45, 2.75) is 53.0 Å². The molecule has 1 heterocycles. The van der Waals surface area contributed by atoms with E-state index in [9.17, 15) is 9.59 Å². The second-order valence-corrected chi connectivity index (χ2v) is 9.24. The van der Waals surface area contributed by atoms with Crippen LogP contribution in [0, 0.1) is 12.8 Å². The number of hydrogen-bond acceptors (Lipinski definition) is 5. The van der Waals surface area contributed by atoms with Crippen LogP contribution in [0.1, 0.15) is 55.1 Å². The first-order valence-electron chi connectivity index (χ1n) is 11.0. The lowest BCUT2D eigenvalue weighted by molar-refractivity contribution is -0.118. The molecule has 1 aromatic heterocycles. The maximum Gasteiger partial charge on any atom is 0.251 e. The Morgan fingerprint density at radius 2 is 1.69 bits per heavy atom. The number of rotatable bonds is 9. The van der Waals surface area contributed by atoms with Gasteiger partial charge in [0.05, 0.1) is 0 Å². The molecule has 0 fully saturated rings. The van der Waals surface area contributed by atoms with Gasteiger partial charge in [0.15, 0.2) is 0 Å². The number of amides is 2. The molecule has 3 aromatic rings. The fourth-order valence-electron chi connectivity index (χ4n) is 3.23. The van der Waals surface area contributed by atoms with Crippen LogP contribution in [-0.4, -0.2) is 28.1 Å². The monoisotopic (exact) mass is 450 g/mol. The predicted octanol–water partition coefficient (Wildman–Crippen LogP) is 5.25. The molecule has 0 bridgehead atoms. The van der Waals surface area contributed by atoms with E-state index in [1.807, 2.05) is 69.3 Å². The SMILES string of the molecule is CCCCc1ccc(C(=O)N[C@@H](C(=O)Nc2nnc(-c3ccc(C)cc3)s2)C(C)C)cc1. The highest BCUT2D eigenvalue weighted by molar-refractivity contribution is 7.18. The second-order valence-electron chi connectivity index (χ2n) is 8.26. The van der Waals surface area contributed by atoms with Crippen LogP contribution >= 0.6 is 11.3 Å². The number of nitrogens with zero attached hydrogens (tertiary/aromatic N) is 2. The number of benzene rings is 2. The van der Waals surface area contributed by atoms with Crippen molar-refractivity contribution in [3.05, 3.63) is 65.2 Å². The van der Waals surface area contributed by atoms with E-state index in [2.05, 4.69) is 27.8 Å². The average molecular weight is 451 g/mol. The van der Waals surface area contributed by atoms with Gasteiger partial charge in [-0.3, -0.25) is 14.9 Å². The Bertz CT molecular complexity index is 1040. The van der Waals surface area contributed by atoms with Crippen LogP contribution in [-0.2, 0) is 11.2 Å². The fraction of sp³-hybridized carbons (Fsp3) is 0.360. The number of hydrogen-bond donors (Lipinski definition) is 2. The van der Waals surface area contributed by atoms with Crippen LogP contribution in [0.5, 0.6) is 0 Å². The summed E-state index contributed by atoms with van der Waals surface area (Å²) in [7, 11) is 0. The smallest absolute Gasteiger partial charge is 0.251 e. The van der Waals surface area contributed by atoms with Gasteiger partial charge >= 0.3 is 0 Å². The minimum absolute atomic E-state index is 0.0905. The topological polar surface area (TPSA) is 84.0 Å². The molecule has 2 amide bonds. The summed E-state index contributed by atoms with van der Waals surface area (Å²) in [6, 6.07) is 14.9. The Morgan fingerprint density at radius 1 is 1.00 bits per heavy atom. The number of carbonyl (C=O) groups excluding carboxylic acids is 2. The van der Waals surface area contributed by atoms with Gasteiger partial charge in [-0.25, -0.2) is 0 Å². The van der Waals surface area contributed by atoms with E-state index >= 15 is 0 Å². The molecule has 3 rings (SSSR count). The lowest BCUT2D eigenvalue weighted by atomic mass is 10.0. The third-order valence-corrected chi connectivity index (χ3v) is 6.11. The Labute approximate surface area is 193 Å². The first kappa shape index (κ1) is 23.6. The molecule has 7 heteroatoms. The maximum absolute atomic E-state index is 12.9. The molecule has 0 radical (unpaired) electrons. The first-order chi connectivity index (χ1) is 15.4. The van der Waals surface area contributed by atoms with Crippen LogP contribution in [0.3, 0.4) is 0 Å². The summed E-state index contributed by atoms with van der Waals surface area (Å²) < 4.78 is 0. The van der Waals surface area contributed by atoms with Gasteiger partial charge in [-0.1, -0.05) is 80.5 Å². The van der Waals surface area contributed by atoms with Gasteiger partial charge in [0, 0.05) is 11.1 Å². The molecule has 32 heavy (non-hydrogen) atoms. The molecule has 0 spiro atoms. The zero-order valence-electron chi connectivity index (χ0n) is 19.0. The van der Waals surface area contributed by atoms with Crippen molar-refractivity contribution < 1.29 is 9.59 Å². The van der Waals surface area contributed by atoms with Crippen molar-refractivity contribution in [2.24, 2.45) is 5.92 Å². The van der Waals surface area contributed by atoms with Crippen molar-refractivity contribution >= 4 is 28.3 Å². The summed E-state index contributed by atoms with van der Waals surface area (Å²) in [4.78, 5) is 25.6. The summed E-state index contributed by atoms with van der Waals surface area (Å²) >= 11 is 1.31. The number of anilines is 1. The van der Waals surface area contributed by atoms with Gasteiger partial charge < -0.3 is 5.32 Å². The quantitative estimate of drug-likeness (QED) is 0.466. The number of unbranched alkanes of at least 4 members (excludes halogenated alkanes) is 1. The lowest BCUT2D eigenvalue weighted by Gasteiger charge is -2.21. The summed E-state index contributed by atoms with van der Waals surface area (Å²) in [6.07, 6.45) is 3.26. The lowest BCUT2D eigenvalue weighted by Crippen LogP contribution is -2.47. The summed E-state index contributed by atoms with van der Waals surface area (Å²) in [5.74, 6) is -0.662. The molecule has 1 atom stereocenters. The average Bonchev–Trinajstić information content (AvgIpc) is 3.24. The van der Waals surface area contributed by atoms with Crippen molar-refractivity contribution in [1.82, 2.24) is 15.5 Å². The standard InChI is InChI=1S/C25H30N4O2S/c1-5-6-7-18-10-14-19(15-11-18)22(30)26-21(16(2)3)23(31)27-25-29-28-24(32-25)20-12-8-17(4)9-13-20/h8-16,21H,5-7H2,1-4H3,(H,26,30)(H,27,29,31)/t21-/m1/s1. The predicted molar refractivity (Wildman–Crippen MR) is 130 cm³/mol.